The van der Waals surface area contributed by atoms with Gasteiger partial charge < -0.3 is 14.5 Å². The van der Waals surface area contributed by atoms with Gasteiger partial charge in [-0.3, -0.25) is 9.59 Å². The maximum absolute atomic E-state index is 12.2. The largest absolute Gasteiger partial charge is 0.455 e. The number of likely N-dealkylation sites (N-methyl/N-ethyl adjacent to an activating group) is 1. The Morgan fingerprint density at radius 2 is 1.62 bits per heavy atom. The lowest BCUT2D eigenvalue weighted by Crippen LogP contribution is -2.31. The molecule has 1 amide bonds. The first-order valence-electron chi connectivity index (χ1n) is 8.57. The van der Waals surface area contributed by atoms with Gasteiger partial charge in [0.05, 0.1) is 6.42 Å². The molecule has 0 fully saturated rings. The molecule has 2 aromatic carbocycles. The van der Waals surface area contributed by atoms with Crippen LogP contribution in [0.25, 0.3) is 0 Å². The summed E-state index contributed by atoms with van der Waals surface area (Å²) in [6, 6.07) is 15.6. The Morgan fingerprint density at radius 1 is 0.962 bits per heavy atom. The zero-order valence-electron chi connectivity index (χ0n) is 15.9. The molecule has 5 heteroatoms. The molecule has 0 saturated carbocycles. The predicted octanol–water partition coefficient (Wildman–Crippen LogP) is 2.81. The van der Waals surface area contributed by atoms with Gasteiger partial charge in [-0.05, 0) is 35.7 Å². The second-order valence-corrected chi connectivity index (χ2v) is 6.57. The van der Waals surface area contributed by atoms with Gasteiger partial charge in [-0.1, -0.05) is 36.4 Å². The number of nitrogens with zero attached hydrogens (tertiary/aromatic N) is 2. The number of carbonyl (C=O) groups is 2. The van der Waals surface area contributed by atoms with Crippen LogP contribution in [0.3, 0.4) is 0 Å². The van der Waals surface area contributed by atoms with E-state index >= 15 is 0 Å². The molecular formula is C21H26N2O3. The number of aryl methyl sites for hydroxylation is 1. The molecule has 0 N–H and O–H groups in total. The average molecular weight is 354 g/mol. The van der Waals surface area contributed by atoms with Crippen molar-refractivity contribution in [2.75, 3.05) is 32.6 Å². The number of rotatable bonds is 7. The molecule has 2 aromatic rings. The SMILES string of the molecule is Cc1ccccc1CC(=O)OCC(=O)N(C)Cc1ccc(N(C)C)cc1. The summed E-state index contributed by atoms with van der Waals surface area (Å²) in [5.41, 5.74) is 4.08. The molecule has 0 aliphatic heterocycles. The van der Waals surface area contributed by atoms with Crippen LogP contribution in [-0.4, -0.2) is 44.5 Å². The monoisotopic (exact) mass is 354 g/mol. The molecule has 0 aliphatic rings. The van der Waals surface area contributed by atoms with E-state index in [9.17, 15) is 9.59 Å². The first kappa shape index (κ1) is 19.5. The quantitative estimate of drug-likeness (QED) is 0.718. The summed E-state index contributed by atoms with van der Waals surface area (Å²) in [4.78, 5) is 27.7. The predicted molar refractivity (Wildman–Crippen MR) is 103 cm³/mol. The van der Waals surface area contributed by atoms with Gasteiger partial charge in [0.2, 0.25) is 0 Å². The normalized spacial score (nSPS) is 10.3. The van der Waals surface area contributed by atoms with Crippen molar-refractivity contribution >= 4 is 17.6 Å². The summed E-state index contributed by atoms with van der Waals surface area (Å²) in [5.74, 6) is -0.615. The smallest absolute Gasteiger partial charge is 0.310 e. The van der Waals surface area contributed by atoms with E-state index in [0.717, 1.165) is 22.4 Å². The van der Waals surface area contributed by atoms with Crippen LogP contribution in [0.1, 0.15) is 16.7 Å². The number of hydrogen-bond acceptors (Lipinski definition) is 4. The van der Waals surface area contributed by atoms with Crippen LogP contribution < -0.4 is 4.90 Å². The second kappa shape index (κ2) is 9.04. The van der Waals surface area contributed by atoms with Gasteiger partial charge in [-0.15, -0.1) is 0 Å². The standard InChI is InChI=1S/C21H26N2O3/c1-16-7-5-6-8-18(16)13-21(25)26-15-20(24)23(4)14-17-9-11-19(12-10-17)22(2)3/h5-12H,13-15H2,1-4H3. The maximum Gasteiger partial charge on any atom is 0.310 e. The first-order valence-corrected chi connectivity index (χ1v) is 8.57. The molecule has 0 aromatic heterocycles. The van der Waals surface area contributed by atoms with Gasteiger partial charge in [0.25, 0.3) is 5.91 Å². The van der Waals surface area contributed by atoms with E-state index < -0.39 is 5.97 Å². The topological polar surface area (TPSA) is 49.9 Å². The summed E-state index contributed by atoms with van der Waals surface area (Å²) in [7, 11) is 5.67. The van der Waals surface area contributed by atoms with Crippen LogP contribution in [0.15, 0.2) is 48.5 Å². The molecule has 26 heavy (non-hydrogen) atoms. The highest BCUT2D eigenvalue weighted by molar-refractivity contribution is 5.81. The third-order valence-electron chi connectivity index (χ3n) is 4.25. The Balaban J connectivity index is 1.81. The van der Waals surface area contributed by atoms with Crippen molar-refractivity contribution in [3.63, 3.8) is 0 Å². The fourth-order valence-corrected chi connectivity index (χ4v) is 2.53. The van der Waals surface area contributed by atoms with E-state index in [4.69, 9.17) is 4.74 Å². The zero-order chi connectivity index (χ0) is 19.1. The molecule has 5 nitrogen and oxygen atoms in total. The summed E-state index contributed by atoms with van der Waals surface area (Å²) in [5, 5.41) is 0. The van der Waals surface area contributed by atoms with Crippen molar-refractivity contribution in [2.45, 2.75) is 19.9 Å². The molecule has 0 radical (unpaired) electrons. The van der Waals surface area contributed by atoms with Gasteiger partial charge >= 0.3 is 5.97 Å². The van der Waals surface area contributed by atoms with Crippen LogP contribution in [0.4, 0.5) is 5.69 Å². The zero-order valence-corrected chi connectivity index (χ0v) is 15.9. The Kier molecular flexibility index (Phi) is 6.78. The molecular weight excluding hydrogens is 328 g/mol. The van der Waals surface area contributed by atoms with Crippen molar-refractivity contribution < 1.29 is 14.3 Å². The van der Waals surface area contributed by atoms with Crippen molar-refractivity contribution in [1.82, 2.24) is 4.90 Å². The number of esters is 1. The van der Waals surface area contributed by atoms with Crippen molar-refractivity contribution in [3.05, 3.63) is 65.2 Å². The van der Waals surface area contributed by atoms with Gasteiger partial charge in [-0.2, -0.15) is 0 Å². The van der Waals surface area contributed by atoms with E-state index in [-0.39, 0.29) is 18.9 Å². The molecule has 2 rings (SSSR count). The molecule has 0 heterocycles. The van der Waals surface area contributed by atoms with Crippen molar-refractivity contribution in [3.8, 4) is 0 Å². The highest BCUT2D eigenvalue weighted by atomic mass is 16.5. The van der Waals surface area contributed by atoms with Crippen LogP contribution in [0, 0.1) is 6.92 Å². The molecule has 0 saturated heterocycles. The number of carbonyl (C=O) groups excluding carboxylic acids is 2. The van der Waals surface area contributed by atoms with Crippen LogP contribution in [0.5, 0.6) is 0 Å². The second-order valence-electron chi connectivity index (χ2n) is 6.57. The molecule has 0 bridgehead atoms. The number of amides is 1. The van der Waals surface area contributed by atoms with E-state index in [1.165, 1.54) is 0 Å². The lowest BCUT2D eigenvalue weighted by Gasteiger charge is -2.18. The van der Waals surface area contributed by atoms with E-state index in [2.05, 4.69) is 0 Å². The van der Waals surface area contributed by atoms with Gasteiger partial charge in [-0.25, -0.2) is 0 Å². The van der Waals surface area contributed by atoms with Crippen LogP contribution in [0.2, 0.25) is 0 Å². The highest BCUT2D eigenvalue weighted by Crippen LogP contribution is 2.13. The van der Waals surface area contributed by atoms with E-state index in [1.807, 2.05) is 74.4 Å². The number of benzene rings is 2. The summed E-state index contributed by atoms with van der Waals surface area (Å²) >= 11 is 0. The summed E-state index contributed by atoms with van der Waals surface area (Å²) in [6.45, 7) is 2.18. The highest BCUT2D eigenvalue weighted by Gasteiger charge is 2.13. The lowest BCUT2D eigenvalue weighted by atomic mass is 10.1. The first-order chi connectivity index (χ1) is 12.4. The average Bonchev–Trinajstić information content (AvgIpc) is 2.62. The van der Waals surface area contributed by atoms with Crippen molar-refractivity contribution in [2.24, 2.45) is 0 Å². The molecule has 0 unspecified atom stereocenters. The summed E-state index contributed by atoms with van der Waals surface area (Å²) < 4.78 is 5.14. The molecule has 0 atom stereocenters. The number of anilines is 1. The van der Waals surface area contributed by atoms with Crippen LogP contribution >= 0.6 is 0 Å². The molecule has 138 valence electrons. The minimum absolute atomic E-state index is 0.176. The van der Waals surface area contributed by atoms with E-state index in [0.29, 0.717) is 6.54 Å². The fraction of sp³-hybridized carbons (Fsp3) is 0.333. The Labute approximate surface area is 155 Å². The number of ether oxygens (including phenoxy) is 1. The number of hydrogen-bond donors (Lipinski definition) is 0. The van der Waals surface area contributed by atoms with Gasteiger partial charge in [0, 0.05) is 33.4 Å². The third kappa shape index (κ3) is 5.62. The minimum Gasteiger partial charge on any atom is -0.455 e. The Hall–Kier alpha value is -2.82. The van der Waals surface area contributed by atoms with Crippen molar-refractivity contribution in [1.29, 1.82) is 0 Å². The third-order valence-corrected chi connectivity index (χ3v) is 4.25. The fourth-order valence-electron chi connectivity index (χ4n) is 2.53. The van der Waals surface area contributed by atoms with Gasteiger partial charge in [0.1, 0.15) is 0 Å². The Morgan fingerprint density at radius 3 is 2.23 bits per heavy atom. The van der Waals surface area contributed by atoms with Gasteiger partial charge in [0.15, 0.2) is 6.61 Å². The maximum atomic E-state index is 12.2. The Bertz CT molecular complexity index is 754. The molecule has 0 spiro atoms. The summed E-state index contributed by atoms with van der Waals surface area (Å²) in [6.07, 6.45) is 0.176. The minimum atomic E-state index is -0.392. The lowest BCUT2D eigenvalue weighted by molar-refractivity contribution is -0.151. The van der Waals surface area contributed by atoms with E-state index in [1.54, 1.807) is 11.9 Å². The molecule has 0 aliphatic carbocycles. The van der Waals surface area contributed by atoms with Crippen LogP contribution in [-0.2, 0) is 27.3 Å².